The number of nitrogens with zero attached hydrogens (tertiary/aromatic N) is 2. The lowest BCUT2D eigenvalue weighted by Crippen LogP contribution is -2.39. The molecule has 21 heavy (non-hydrogen) atoms. The summed E-state index contributed by atoms with van der Waals surface area (Å²) in [6, 6.07) is 5.67. The van der Waals surface area contributed by atoms with Crippen molar-refractivity contribution in [1.29, 1.82) is 5.26 Å². The summed E-state index contributed by atoms with van der Waals surface area (Å²) in [7, 11) is 0. The van der Waals surface area contributed by atoms with Crippen molar-refractivity contribution in [3.8, 4) is 11.9 Å². The molecule has 5 nitrogen and oxygen atoms in total. The van der Waals surface area contributed by atoms with Crippen molar-refractivity contribution in [3.05, 3.63) is 36.0 Å². The zero-order valence-electron chi connectivity index (χ0n) is 12.1. The van der Waals surface area contributed by atoms with Gasteiger partial charge in [0.1, 0.15) is 12.2 Å². The SMILES string of the molecule is C/C=C/C(=O)NC1CCC(Oc2ccc(C#N)cn2)CC1. The summed E-state index contributed by atoms with van der Waals surface area (Å²) in [5, 5.41) is 11.7. The minimum atomic E-state index is -0.0318. The lowest BCUT2D eigenvalue weighted by Gasteiger charge is -2.28. The van der Waals surface area contributed by atoms with Gasteiger partial charge in [0, 0.05) is 18.3 Å². The van der Waals surface area contributed by atoms with Gasteiger partial charge in [-0.3, -0.25) is 4.79 Å². The summed E-state index contributed by atoms with van der Waals surface area (Å²) < 4.78 is 5.81. The first-order chi connectivity index (χ1) is 10.2. The molecule has 1 heterocycles. The largest absolute Gasteiger partial charge is 0.474 e. The van der Waals surface area contributed by atoms with Crippen molar-refractivity contribution in [2.75, 3.05) is 0 Å². The van der Waals surface area contributed by atoms with E-state index in [0.29, 0.717) is 11.4 Å². The fourth-order valence-corrected chi connectivity index (χ4v) is 2.41. The second kappa shape index (κ2) is 7.44. The topological polar surface area (TPSA) is 75.0 Å². The van der Waals surface area contributed by atoms with Gasteiger partial charge in [0.05, 0.1) is 5.56 Å². The average molecular weight is 285 g/mol. The molecule has 0 bridgehead atoms. The summed E-state index contributed by atoms with van der Waals surface area (Å²) in [6.07, 6.45) is 8.52. The van der Waals surface area contributed by atoms with E-state index < -0.39 is 0 Å². The Labute approximate surface area is 124 Å². The highest BCUT2D eigenvalue weighted by Crippen LogP contribution is 2.23. The number of rotatable bonds is 4. The van der Waals surface area contributed by atoms with Gasteiger partial charge in [0.2, 0.25) is 11.8 Å². The predicted octanol–water partition coefficient (Wildman–Crippen LogP) is 2.34. The Morgan fingerprint density at radius 2 is 2.19 bits per heavy atom. The minimum absolute atomic E-state index is 0.0318. The van der Waals surface area contributed by atoms with E-state index in [1.54, 1.807) is 24.3 Å². The van der Waals surface area contributed by atoms with Gasteiger partial charge in [0.15, 0.2) is 0 Å². The number of hydrogen-bond donors (Lipinski definition) is 1. The molecule has 1 aromatic rings. The lowest BCUT2D eigenvalue weighted by molar-refractivity contribution is -0.117. The fourth-order valence-electron chi connectivity index (χ4n) is 2.41. The van der Waals surface area contributed by atoms with Crippen LogP contribution >= 0.6 is 0 Å². The Morgan fingerprint density at radius 3 is 2.76 bits per heavy atom. The van der Waals surface area contributed by atoms with Crippen LogP contribution in [0, 0.1) is 11.3 Å². The maximum absolute atomic E-state index is 11.5. The Kier molecular flexibility index (Phi) is 5.33. The summed E-state index contributed by atoms with van der Waals surface area (Å²) in [5.41, 5.74) is 0.526. The molecular formula is C16H19N3O2. The highest BCUT2D eigenvalue weighted by Gasteiger charge is 2.23. The highest BCUT2D eigenvalue weighted by atomic mass is 16.5. The molecule has 1 aliphatic carbocycles. The molecule has 1 aromatic heterocycles. The van der Waals surface area contributed by atoms with Crippen molar-refractivity contribution < 1.29 is 9.53 Å². The van der Waals surface area contributed by atoms with E-state index in [1.807, 2.05) is 13.0 Å². The van der Waals surface area contributed by atoms with Gasteiger partial charge in [-0.25, -0.2) is 4.98 Å². The van der Waals surface area contributed by atoms with Crippen LogP contribution in [0.5, 0.6) is 5.88 Å². The van der Waals surface area contributed by atoms with E-state index in [9.17, 15) is 4.79 Å². The maximum atomic E-state index is 11.5. The van der Waals surface area contributed by atoms with Crippen LogP contribution in [0.1, 0.15) is 38.2 Å². The quantitative estimate of drug-likeness (QED) is 0.862. The maximum Gasteiger partial charge on any atom is 0.243 e. The summed E-state index contributed by atoms with van der Waals surface area (Å²) >= 11 is 0. The van der Waals surface area contributed by atoms with E-state index in [1.165, 1.54) is 6.20 Å². The summed E-state index contributed by atoms with van der Waals surface area (Å²) in [6.45, 7) is 1.83. The third-order valence-corrected chi connectivity index (χ3v) is 3.49. The van der Waals surface area contributed by atoms with Crippen molar-refractivity contribution in [3.63, 3.8) is 0 Å². The Bertz CT molecular complexity index is 538. The third kappa shape index (κ3) is 4.60. The molecule has 1 fully saturated rings. The van der Waals surface area contributed by atoms with Crippen LogP contribution in [0.3, 0.4) is 0 Å². The molecule has 0 atom stereocenters. The normalized spacial score (nSPS) is 21.7. The number of nitrogens with one attached hydrogen (secondary N) is 1. The molecule has 0 saturated heterocycles. The molecule has 0 radical (unpaired) electrons. The molecule has 2 rings (SSSR count). The number of hydrogen-bond acceptors (Lipinski definition) is 4. The van der Waals surface area contributed by atoms with Crippen LogP contribution < -0.4 is 10.1 Å². The number of allylic oxidation sites excluding steroid dienone is 1. The van der Waals surface area contributed by atoms with Crippen LogP contribution in [-0.4, -0.2) is 23.0 Å². The zero-order chi connectivity index (χ0) is 15.1. The molecular weight excluding hydrogens is 266 g/mol. The number of nitriles is 1. The molecule has 0 spiro atoms. The van der Waals surface area contributed by atoms with Crippen LogP contribution in [0.15, 0.2) is 30.5 Å². The van der Waals surface area contributed by atoms with Gasteiger partial charge in [-0.1, -0.05) is 6.08 Å². The molecule has 5 heteroatoms. The van der Waals surface area contributed by atoms with Gasteiger partial charge in [-0.05, 0) is 44.7 Å². The van der Waals surface area contributed by atoms with Gasteiger partial charge < -0.3 is 10.1 Å². The van der Waals surface area contributed by atoms with Crippen LogP contribution in [0.4, 0.5) is 0 Å². The van der Waals surface area contributed by atoms with Gasteiger partial charge in [-0.2, -0.15) is 5.26 Å². The van der Waals surface area contributed by atoms with Gasteiger partial charge in [0.25, 0.3) is 0 Å². The van der Waals surface area contributed by atoms with E-state index in [-0.39, 0.29) is 18.1 Å². The molecule has 0 aliphatic heterocycles. The molecule has 1 aliphatic rings. The molecule has 110 valence electrons. The molecule has 0 aromatic carbocycles. The van der Waals surface area contributed by atoms with Crippen molar-refractivity contribution in [2.45, 2.75) is 44.8 Å². The van der Waals surface area contributed by atoms with Crippen molar-refractivity contribution in [2.24, 2.45) is 0 Å². The first-order valence-electron chi connectivity index (χ1n) is 7.17. The Balaban J connectivity index is 1.78. The van der Waals surface area contributed by atoms with Crippen LogP contribution in [-0.2, 0) is 4.79 Å². The van der Waals surface area contributed by atoms with Crippen molar-refractivity contribution >= 4 is 5.91 Å². The molecule has 1 amide bonds. The number of ether oxygens (including phenoxy) is 1. The van der Waals surface area contributed by atoms with Gasteiger partial charge in [-0.15, -0.1) is 0 Å². The zero-order valence-corrected chi connectivity index (χ0v) is 12.1. The average Bonchev–Trinajstić information content (AvgIpc) is 2.50. The fraction of sp³-hybridized carbons (Fsp3) is 0.438. The standard InChI is InChI=1S/C16H19N3O2/c1-2-3-15(20)19-13-5-7-14(8-6-13)21-16-9-4-12(10-17)11-18-16/h2-4,9,11,13-14H,5-8H2,1H3,(H,19,20)/b3-2+. The molecule has 0 unspecified atom stereocenters. The third-order valence-electron chi connectivity index (χ3n) is 3.49. The second-order valence-corrected chi connectivity index (χ2v) is 5.10. The summed E-state index contributed by atoms with van der Waals surface area (Å²) in [5.74, 6) is 0.519. The first-order valence-corrected chi connectivity index (χ1v) is 7.17. The number of carbonyl (C=O) groups excluding carboxylic acids is 1. The van der Waals surface area contributed by atoms with E-state index >= 15 is 0 Å². The van der Waals surface area contributed by atoms with E-state index in [4.69, 9.17) is 10.00 Å². The minimum Gasteiger partial charge on any atom is -0.474 e. The number of pyridine rings is 1. The number of carbonyl (C=O) groups is 1. The van der Waals surface area contributed by atoms with E-state index in [0.717, 1.165) is 25.7 Å². The lowest BCUT2D eigenvalue weighted by atomic mass is 9.93. The van der Waals surface area contributed by atoms with Crippen LogP contribution in [0.25, 0.3) is 0 Å². The smallest absolute Gasteiger partial charge is 0.243 e. The molecule has 1 saturated carbocycles. The monoisotopic (exact) mass is 285 g/mol. The first kappa shape index (κ1) is 15.0. The molecule has 1 N–H and O–H groups in total. The van der Waals surface area contributed by atoms with Crippen LogP contribution in [0.2, 0.25) is 0 Å². The Morgan fingerprint density at radius 1 is 1.43 bits per heavy atom. The Hall–Kier alpha value is -2.35. The van der Waals surface area contributed by atoms with Crippen molar-refractivity contribution in [1.82, 2.24) is 10.3 Å². The summed E-state index contributed by atoms with van der Waals surface area (Å²) in [4.78, 5) is 15.6. The van der Waals surface area contributed by atoms with Gasteiger partial charge >= 0.3 is 0 Å². The van der Waals surface area contributed by atoms with E-state index in [2.05, 4.69) is 10.3 Å². The second-order valence-electron chi connectivity index (χ2n) is 5.10. The number of aromatic nitrogens is 1. The predicted molar refractivity (Wildman–Crippen MR) is 78.6 cm³/mol. The highest BCUT2D eigenvalue weighted by molar-refractivity contribution is 5.87. The number of amides is 1.